The van der Waals surface area contributed by atoms with Crippen LogP contribution in [-0.2, 0) is 6.42 Å². The van der Waals surface area contributed by atoms with Gasteiger partial charge in [-0.25, -0.2) is 0 Å². The third-order valence-electron chi connectivity index (χ3n) is 2.87. The first-order valence-corrected chi connectivity index (χ1v) is 6.43. The van der Waals surface area contributed by atoms with E-state index >= 15 is 0 Å². The Bertz CT molecular complexity index is 594. The molecule has 0 heterocycles. The van der Waals surface area contributed by atoms with Crippen LogP contribution in [0.1, 0.15) is 22.8 Å². The molecule has 0 fully saturated rings. The number of carbonyl (C=O) groups excluding carboxylic acids is 1. The number of nitrogens with two attached hydrogens (primary N) is 1. The lowest BCUT2D eigenvalue weighted by Crippen LogP contribution is -2.12. The Morgan fingerprint density at radius 3 is 2.47 bits per heavy atom. The van der Waals surface area contributed by atoms with Gasteiger partial charge in [0.2, 0.25) is 0 Å². The monoisotopic (exact) mass is 274 g/mol. The fourth-order valence-electron chi connectivity index (χ4n) is 1.72. The first-order valence-electron chi connectivity index (χ1n) is 6.05. The summed E-state index contributed by atoms with van der Waals surface area (Å²) in [6.45, 7) is 2.07. The lowest BCUT2D eigenvalue weighted by Gasteiger charge is -2.08. The van der Waals surface area contributed by atoms with Crippen molar-refractivity contribution in [1.29, 1.82) is 0 Å². The molecule has 0 saturated heterocycles. The van der Waals surface area contributed by atoms with E-state index in [1.54, 1.807) is 30.3 Å². The maximum absolute atomic E-state index is 12.0. The van der Waals surface area contributed by atoms with E-state index in [4.69, 9.17) is 17.3 Å². The van der Waals surface area contributed by atoms with E-state index in [2.05, 4.69) is 12.2 Å². The zero-order chi connectivity index (χ0) is 13.8. The fourth-order valence-corrected chi connectivity index (χ4v) is 1.96. The highest BCUT2D eigenvalue weighted by atomic mass is 35.5. The Morgan fingerprint density at radius 1 is 1.21 bits per heavy atom. The Labute approximate surface area is 117 Å². The molecule has 0 unspecified atom stereocenters. The summed E-state index contributed by atoms with van der Waals surface area (Å²) in [5.74, 6) is -0.186. The minimum absolute atomic E-state index is 0.186. The largest absolute Gasteiger partial charge is 0.399 e. The summed E-state index contributed by atoms with van der Waals surface area (Å²) in [6, 6.07) is 12.5. The zero-order valence-electron chi connectivity index (χ0n) is 10.6. The first kappa shape index (κ1) is 13.4. The average Bonchev–Trinajstić information content (AvgIpc) is 2.42. The van der Waals surface area contributed by atoms with Crippen molar-refractivity contribution in [1.82, 2.24) is 0 Å². The molecule has 2 aromatic carbocycles. The van der Waals surface area contributed by atoms with Gasteiger partial charge in [0.05, 0.1) is 10.7 Å². The molecule has 2 aromatic rings. The molecule has 0 spiro atoms. The lowest BCUT2D eigenvalue weighted by atomic mass is 10.1. The molecule has 0 bridgehead atoms. The van der Waals surface area contributed by atoms with Crippen LogP contribution in [0.2, 0.25) is 5.02 Å². The van der Waals surface area contributed by atoms with Gasteiger partial charge in [0.15, 0.2) is 0 Å². The molecule has 98 valence electrons. The van der Waals surface area contributed by atoms with Crippen molar-refractivity contribution < 1.29 is 4.79 Å². The van der Waals surface area contributed by atoms with E-state index in [0.717, 1.165) is 6.42 Å². The molecule has 1 amide bonds. The van der Waals surface area contributed by atoms with Crippen LogP contribution in [-0.4, -0.2) is 5.91 Å². The number of aryl methyl sites for hydroxylation is 1. The van der Waals surface area contributed by atoms with Crippen LogP contribution in [0.3, 0.4) is 0 Å². The number of benzene rings is 2. The molecule has 0 aliphatic carbocycles. The normalized spacial score (nSPS) is 10.2. The molecule has 3 nitrogen and oxygen atoms in total. The first-order chi connectivity index (χ1) is 9.10. The van der Waals surface area contributed by atoms with Gasteiger partial charge in [-0.3, -0.25) is 4.79 Å². The average molecular weight is 275 g/mol. The van der Waals surface area contributed by atoms with Crippen LogP contribution in [0.4, 0.5) is 11.4 Å². The SMILES string of the molecule is CCc1ccc(C(=O)Nc2ccc(N)cc2Cl)cc1. The van der Waals surface area contributed by atoms with Crippen molar-refractivity contribution in [3.8, 4) is 0 Å². The van der Waals surface area contributed by atoms with Crippen LogP contribution in [0.15, 0.2) is 42.5 Å². The van der Waals surface area contributed by atoms with Gasteiger partial charge in [0.1, 0.15) is 0 Å². The topological polar surface area (TPSA) is 55.1 Å². The quantitative estimate of drug-likeness (QED) is 0.838. The van der Waals surface area contributed by atoms with Gasteiger partial charge in [-0.2, -0.15) is 0 Å². The molecule has 0 aromatic heterocycles. The minimum Gasteiger partial charge on any atom is -0.399 e. The molecule has 0 radical (unpaired) electrons. The second-order valence-corrected chi connectivity index (χ2v) is 4.65. The second kappa shape index (κ2) is 5.76. The summed E-state index contributed by atoms with van der Waals surface area (Å²) in [5.41, 5.74) is 8.52. The van der Waals surface area contributed by atoms with Crippen molar-refractivity contribution in [2.24, 2.45) is 0 Å². The number of hydrogen-bond acceptors (Lipinski definition) is 2. The molecule has 0 atom stereocenters. The summed E-state index contributed by atoms with van der Waals surface area (Å²) in [6.07, 6.45) is 0.950. The maximum atomic E-state index is 12.0. The van der Waals surface area contributed by atoms with Crippen molar-refractivity contribution in [3.05, 3.63) is 58.6 Å². The third-order valence-corrected chi connectivity index (χ3v) is 3.18. The number of nitrogen functional groups attached to an aromatic ring is 1. The zero-order valence-corrected chi connectivity index (χ0v) is 11.4. The van der Waals surface area contributed by atoms with Gasteiger partial charge in [-0.1, -0.05) is 30.7 Å². The number of anilines is 2. The molecule has 0 aliphatic heterocycles. The molecular weight excluding hydrogens is 260 g/mol. The number of hydrogen-bond donors (Lipinski definition) is 2. The maximum Gasteiger partial charge on any atom is 0.255 e. The highest BCUT2D eigenvalue weighted by molar-refractivity contribution is 6.34. The standard InChI is InChI=1S/C15H15ClN2O/c1-2-10-3-5-11(6-4-10)15(19)18-14-8-7-12(17)9-13(14)16/h3-9H,2,17H2,1H3,(H,18,19). The molecule has 19 heavy (non-hydrogen) atoms. The van der Waals surface area contributed by atoms with Gasteiger partial charge in [-0.05, 0) is 42.3 Å². The van der Waals surface area contributed by atoms with Gasteiger partial charge in [0.25, 0.3) is 5.91 Å². The molecule has 4 heteroatoms. The number of nitrogens with one attached hydrogen (secondary N) is 1. The van der Waals surface area contributed by atoms with Crippen LogP contribution >= 0.6 is 11.6 Å². The number of rotatable bonds is 3. The van der Waals surface area contributed by atoms with E-state index in [1.807, 2.05) is 12.1 Å². The van der Waals surface area contributed by atoms with Crippen LogP contribution in [0.25, 0.3) is 0 Å². The van der Waals surface area contributed by atoms with E-state index < -0.39 is 0 Å². The summed E-state index contributed by atoms with van der Waals surface area (Å²) >= 11 is 6.01. The van der Waals surface area contributed by atoms with Crippen molar-refractivity contribution in [3.63, 3.8) is 0 Å². The van der Waals surface area contributed by atoms with Gasteiger partial charge in [0, 0.05) is 11.3 Å². The van der Waals surface area contributed by atoms with E-state index in [9.17, 15) is 4.79 Å². The lowest BCUT2D eigenvalue weighted by molar-refractivity contribution is 0.102. The van der Waals surface area contributed by atoms with Gasteiger partial charge in [-0.15, -0.1) is 0 Å². The molecule has 0 saturated carbocycles. The fraction of sp³-hybridized carbons (Fsp3) is 0.133. The van der Waals surface area contributed by atoms with E-state index in [-0.39, 0.29) is 5.91 Å². The Morgan fingerprint density at radius 2 is 1.89 bits per heavy atom. The third kappa shape index (κ3) is 3.26. The second-order valence-electron chi connectivity index (χ2n) is 4.24. The van der Waals surface area contributed by atoms with Crippen molar-refractivity contribution in [2.45, 2.75) is 13.3 Å². The van der Waals surface area contributed by atoms with Crippen LogP contribution in [0.5, 0.6) is 0 Å². The Balaban J connectivity index is 2.15. The predicted molar refractivity (Wildman–Crippen MR) is 79.6 cm³/mol. The van der Waals surface area contributed by atoms with Gasteiger partial charge >= 0.3 is 0 Å². The highest BCUT2D eigenvalue weighted by Gasteiger charge is 2.08. The summed E-state index contributed by atoms with van der Waals surface area (Å²) < 4.78 is 0. The molecular formula is C15H15ClN2O. The van der Waals surface area contributed by atoms with Crippen LogP contribution in [0, 0.1) is 0 Å². The van der Waals surface area contributed by atoms with Gasteiger partial charge < -0.3 is 11.1 Å². The number of carbonyl (C=O) groups is 1. The summed E-state index contributed by atoms with van der Waals surface area (Å²) in [7, 11) is 0. The Hall–Kier alpha value is -2.00. The Kier molecular flexibility index (Phi) is 4.07. The molecule has 0 aliphatic rings. The molecule has 3 N–H and O–H groups in total. The van der Waals surface area contributed by atoms with E-state index in [0.29, 0.717) is 22.0 Å². The van der Waals surface area contributed by atoms with Crippen molar-refractivity contribution in [2.75, 3.05) is 11.1 Å². The highest BCUT2D eigenvalue weighted by Crippen LogP contribution is 2.24. The number of halogens is 1. The summed E-state index contributed by atoms with van der Waals surface area (Å²) in [4.78, 5) is 12.0. The predicted octanol–water partition coefficient (Wildman–Crippen LogP) is 3.74. The number of amides is 1. The van der Waals surface area contributed by atoms with Crippen molar-refractivity contribution >= 4 is 28.9 Å². The molecule has 2 rings (SSSR count). The van der Waals surface area contributed by atoms with Crippen LogP contribution < -0.4 is 11.1 Å². The summed E-state index contributed by atoms with van der Waals surface area (Å²) in [5, 5.41) is 3.19. The minimum atomic E-state index is -0.186. The smallest absolute Gasteiger partial charge is 0.255 e. The van der Waals surface area contributed by atoms with E-state index in [1.165, 1.54) is 5.56 Å².